The maximum atomic E-state index is 7.84. The van der Waals surface area contributed by atoms with Gasteiger partial charge in [0.1, 0.15) is 5.82 Å². The van der Waals surface area contributed by atoms with Crippen LogP contribution in [-0.2, 0) is 19.5 Å². The third kappa shape index (κ3) is 4.09. The molecular formula is C25H33N7. The molecule has 2 aliphatic rings. The van der Waals surface area contributed by atoms with Gasteiger partial charge in [-0.05, 0) is 68.8 Å². The van der Waals surface area contributed by atoms with Gasteiger partial charge in [0.2, 0.25) is 0 Å². The number of nitrogens with zero attached hydrogens (tertiary/aromatic N) is 5. The zero-order chi connectivity index (χ0) is 22.1. The second-order valence-corrected chi connectivity index (χ2v) is 9.34. The standard InChI is InChI=1S/C25H33N7/c1-30(22-12-4-8-19-9-5-13-28-24(19)22)17-23-29-20-10-2-3-11-21(20)32(23)16-18-7-6-14-31(15-18)25(26)27/h2-3,5,9-11,13,18,22H,4,6-8,12,14-17H2,1H3,(H3,26,27)/t18-,22-/m1/s1. The number of aryl methyl sites for hydroxylation is 1. The number of hydrogen-bond donors (Lipinski definition) is 2. The molecule has 7 nitrogen and oxygen atoms in total. The summed E-state index contributed by atoms with van der Waals surface area (Å²) >= 11 is 0. The molecule has 1 aliphatic carbocycles. The maximum Gasteiger partial charge on any atom is 0.188 e. The number of imidazole rings is 1. The lowest BCUT2D eigenvalue weighted by molar-refractivity contribution is 0.196. The van der Waals surface area contributed by atoms with Crippen LogP contribution >= 0.6 is 0 Å². The number of pyridine rings is 1. The molecular weight excluding hydrogens is 398 g/mol. The molecule has 5 rings (SSSR count). The third-order valence-corrected chi connectivity index (χ3v) is 7.12. The van der Waals surface area contributed by atoms with E-state index in [2.05, 4.69) is 52.9 Å². The quantitative estimate of drug-likeness (QED) is 0.477. The van der Waals surface area contributed by atoms with E-state index in [9.17, 15) is 0 Å². The van der Waals surface area contributed by atoms with Crippen LogP contribution in [0.3, 0.4) is 0 Å². The Balaban J connectivity index is 1.41. The fraction of sp³-hybridized carbons (Fsp3) is 0.480. The van der Waals surface area contributed by atoms with Crippen molar-refractivity contribution in [3.8, 4) is 0 Å². The lowest BCUT2D eigenvalue weighted by Gasteiger charge is -2.34. The highest BCUT2D eigenvalue weighted by Crippen LogP contribution is 2.33. The van der Waals surface area contributed by atoms with Crippen molar-refractivity contribution < 1.29 is 0 Å². The van der Waals surface area contributed by atoms with Crippen molar-refractivity contribution in [2.75, 3.05) is 20.1 Å². The number of para-hydroxylation sites is 2. The first kappa shape index (κ1) is 20.9. The molecule has 1 saturated heterocycles. The van der Waals surface area contributed by atoms with Crippen LogP contribution in [0, 0.1) is 11.3 Å². The number of hydrogen-bond acceptors (Lipinski definition) is 4. The van der Waals surface area contributed by atoms with Gasteiger partial charge >= 0.3 is 0 Å². The Hall–Kier alpha value is -2.93. The van der Waals surface area contributed by atoms with Gasteiger partial charge in [-0.15, -0.1) is 0 Å². The summed E-state index contributed by atoms with van der Waals surface area (Å²) in [5, 5.41) is 7.84. The molecule has 0 radical (unpaired) electrons. The van der Waals surface area contributed by atoms with Crippen molar-refractivity contribution in [1.82, 2.24) is 24.3 Å². The molecule has 32 heavy (non-hydrogen) atoms. The summed E-state index contributed by atoms with van der Waals surface area (Å²) in [5.74, 6) is 1.76. The number of guanidine groups is 1. The van der Waals surface area contributed by atoms with Crippen LogP contribution in [0.25, 0.3) is 11.0 Å². The lowest BCUT2D eigenvalue weighted by atomic mass is 9.91. The number of aromatic nitrogens is 3. The normalized spacial score (nSPS) is 21.1. The summed E-state index contributed by atoms with van der Waals surface area (Å²) in [7, 11) is 2.20. The molecule has 7 heteroatoms. The fourth-order valence-corrected chi connectivity index (χ4v) is 5.49. The van der Waals surface area contributed by atoms with Crippen LogP contribution in [0.1, 0.15) is 48.8 Å². The molecule has 1 fully saturated rings. The van der Waals surface area contributed by atoms with Gasteiger partial charge in [-0.2, -0.15) is 0 Å². The Morgan fingerprint density at radius 2 is 2.06 bits per heavy atom. The molecule has 3 aromatic rings. The minimum atomic E-state index is 0.189. The van der Waals surface area contributed by atoms with Crippen molar-refractivity contribution >= 4 is 17.0 Å². The van der Waals surface area contributed by atoms with Crippen LogP contribution in [0.5, 0.6) is 0 Å². The zero-order valence-electron chi connectivity index (χ0n) is 18.9. The Morgan fingerprint density at radius 3 is 2.94 bits per heavy atom. The van der Waals surface area contributed by atoms with E-state index in [4.69, 9.17) is 21.1 Å². The molecule has 168 valence electrons. The Labute approximate surface area is 189 Å². The molecule has 2 atom stereocenters. The number of benzene rings is 1. The predicted octanol–water partition coefficient (Wildman–Crippen LogP) is 3.55. The highest BCUT2D eigenvalue weighted by molar-refractivity contribution is 5.76. The maximum absolute atomic E-state index is 7.84. The average Bonchev–Trinajstić information content (AvgIpc) is 3.15. The molecule has 0 spiro atoms. The van der Waals surface area contributed by atoms with E-state index in [1.54, 1.807) is 0 Å². The van der Waals surface area contributed by atoms with Gasteiger partial charge in [0.25, 0.3) is 0 Å². The SMILES string of the molecule is CN(Cc1nc2ccccc2n1C[C@@H]1CCCN(C(=N)N)C1)[C@@H]1CCCc2cccnc21. The van der Waals surface area contributed by atoms with E-state index in [0.29, 0.717) is 12.0 Å². The largest absolute Gasteiger partial charge is 0.370 e. The van der Waals surface area contributed by atoms with Gasteiger partial charge in [-0.3, -0.25) is 15.3 Å². The first-order valence-electron chi connectivity index (χ1n) is 11.8. The smallest absolute Gasteiger partial charge is 0.188 e. The van der Waals surface area contributed by atoms with Crippen molar-refractivity contribution in [2.45, 2.75) is 51.2 Å². The third-order valence-electron chi connectivity index (χ3n) is 7.12. The van der Waals surface area contributed by atoms with Gasteiger partial charge < -0.3 is 15.2 Å². The molecule has 3 N–H and O–H groups in total. The van der Waals surface area contributed by atoms with Gasteiger partial charge in [0.05, 0.1) is 29.3 Å². The number of piperidine rings is 1. The van der Waals surface area contributed by atoms with Crippen molar-refractivity contribution in [3.05, 3.63) is 59.7 Å². The van der Waals surface area contributed by atoms with Crippen LogP contribution < -0.4 is 5.73 Å². The predicted molar refractivity (Wildman–Crippen MR) is 127 cm³/mol. The summed E-state index contributed by atoms with van der Waals surface area (Å²) in [6.07, 6.45) is 7.62. The number of fused-ring (bicyclic) bond motifs is 2. The monoisotopic (exact) mass is 431 g/mol. The lowest BCUT2D eigenvalue weighted by Crippen LogP contribution is -2.44. The van der Waals surface area contributed by atoms with Crippen molar-refractivity contribution in [2.24, 2.45) is 11.7 Å². The van der Waals surface area contributed by atoms with Crippen LogP contribution in [0.2, 0.25) is 0 Å². The number of rotatable bonds is 5. The summed E-state index contributed by atoms with van der Waals surface area (Å²) < 4.78 is 2.41. The molecule has 0 unspecified atom stereocenters. The summed E-state index contributed by atoms with van der Waals surface area (Å²) in [5.41, 5.74) is 10.6. The van der Waals surface area contributed by atoms with E-state index >= 15 is 0 Å². The van der Waals surface area contributed by atoms with Crippen LogP contribution in [0.4, 0.5) is 0 Å². The van der Waals surface area contributed by atoms with E-state index in [0.717, 1.165) is 63.2 Å². The fourth-order valence-electron chi connectivity index (χ4n) is 5.49. The minimum Gasteiger partial charge on any atom is -0.370 e. The van der Waals surface area contributed by atoms with E-state index in [1.165, 1.54) is 23.2 Å². The van der Waals surface area contributed by atoms with Gasteiger partial charge in [-0.1, -0.05) is 18.2 Å². The van der Waals surface area contributed by atoms with Crippen LogP contribution in [0.15, 0.2) is 42.6 Å². The van der Waals surface area contributed by atoms with Gasteiger partial charge in [0.15, 0.2) is 5.96 Å². The molecule has 0 amide bonds. The Morgan fingerprint density at radius 1 is 1.19 bits per heavy atom. The Bertz CT molecular complexity index is 1100. The van der Waals surface area contributed by atoms with Crippen molar-refractivity contribution in [1.29, 1.82) is 5.41 Å². The molecule has 2 aromatic heterocycles. The molecule has 0 saturated carbocycles. The highest BCUT2D eigenvalue weighted by atomic mass is 15.2. The number of likely N-dealkylation sites (tertiary alicyclic amines) is 1. The summed E-state index contributed by atoms with van der Waals surface area (Å²) in [6, 6.07) is 13.0. The highest BCUT2D eigenvalue weighted by Gasteiger charge is 2.27. The molecule has 1 aromatic carbocycles. The summed E-state index contributed by atoms with van der Waals surface area (Å²) in [4.78, 5) is 14.2. The van der Waals surface area contributed by atoms with Crippen LogP contribution in [-0.4, -0.2) is 50.4 Å². The average molecular weight is 432 g/mol. The second-order valence-electron chi connectivity index (χ2n) is 9.34. The molecule has 3 heterocycles. The second kappa shape index (κ2) is 8.90. The van der Waals surface area contributed by atoms with Crippen molar-refractivity contribution in [3.63, 3.8) is 0 Å². The van der Waals surface area contributed by atoms with E-state index < -0.39 is 0 Å². The van der Waals surface area contributed by atoms with Gasteiger partial charge in [-0.25, -0.2) is 4.98 Å². The van der Waals surface area contributed by atoms with E-state index in [1.807, 2.05) is 11.1 Å². The first-order valence-corrected chi connectivity index (χ1v) is 11.8. The topological polar surface area (TPSA) is 87.1 Å². The van der Waals surface area contributed by atoms with Gasteiger partial charge in [0, 0.05) is 25.8 Å². The number of nitrogens with two attached hydrogens (primary N) is 1. The summed E-state index contributed by atoms with van der Waals surface area (Å²) in [6.45, 7) is 3.43. The number of nitrogens with one attached hydrogen (secondary N) is 1. The van der Waals surface area contributed by atoms with E-state index in [-0.39, 0.29) is 5.96 Å². The first-order chi connectivity index (χ1) is 15.6. The Kier molecular flexibility index (Phi) is 5.83. The zero-order valence-corrected chi connectivity index (χ0v) is 18.9. The molecule has 1 aliphatic heterocycles. The minimum absolute atomic E-state index is 0.189. The molecule has 0 bridgehead atoms.